The smallest absolute Gasteiger partial charge is 0.0103 e. The van der Waals surface area contributed by atoms with Gasteiger partial charge in [0.25, 0.3) is 0 Å². The van der Waals surface area contributed by atoms with E-state index in [4.69, 9.17) is 0 Å². The average molecular weight is 284 g/mol. The second kappa shape index (κ2) is 7.36. The van der Waals surface area contributed by atoms with Crippen molar-refractivity contribution in [3.8, 4) is 0 Å². The van der Waals surface area contributed by atoms with Crippen molar-refractivity contribution in [3.05, 3.63) is 0 Å². The second-order valence-electron chi connectivity index (χ2n) is 7.19. The van der Waals surface area contributed by atoms with Gasteiger partial charge < -0.3 is 5.32 Å². The van der Waals surface area contributed by atoms with Gasteiger partial charge in [0.2, 0.25) is 0 Å². The van der Waals surface area contributed by atoms with Crippen LogP contribution < -0.4 is 5.32 Å². The normalized spacial score (nSPS) is 39.9. The van der Waals surface area contributed by atoms with E-state index in [1.165, 1.54) is 44.3 Å². The molecule has 0 aromatic heterocycles. The van der Waals surface area contributed by atoms with Crippen molar-refractivity contribution in [2.45, 2.75) is 83.6 Å². The predicted octanol–water partition coefficient (Wildman–Crippen LogP) is 4.71. The van der Waals surface area contributed by atoms with Gasteiger partial charge in [-0.15, -0.1) is 0 Å². The molecule has 0 heterocycles. The molecule has 0 radical (unpaired) electrons. The van der Waals surface area contributed by atoms with Crippen molar-refractivity contribution in [1.29, 1.82) is 0 Å². The van der Waals surface area contributed by atoms with E-state index in [9.17, 15) is 0 Å². The monoisotopic (exact) mass is 283 g/mol. The molecule has 19 heavy (non-hydrogen) atoms. The highest BCUT2D eigenvalue weighted by Gasteiger charge is 2.34. The number of thioether (sulfide) groups is 1. The molecule has 2 fully saturated rings. The van der Waals surface area contributed by atoms with Crippen molar-refractivity contribution in [1.82, 2.24) is 5.32 Å². The molecular weight excluding hydrogens is 250 g/mol. The molecule has 5 atom stereocenters. The zero-order chi connectivity index (χ0) is 13.8. The quantitative estimate of drug-likeness (QED) is 0.784. The molecule has 0 saturated heterocycles. The summed E-state index contributed by atoms with van der Waals surface area (Å²) in [6.07, 6.45) is 8.55. The third-order valence-corrected chi connectivity index (χ3v) is 6.49. The molecule has 0 amide bonds. The van der Waals surface area contributed by atoms with E-state index >= 15 is 0 Å². The summed E-state index contributed by atoms with van der Waals surface area (Å²) in [7, 11) is 0. The van der Waals surface area contributed by atoms with Crippen LogP contribution in [-0.4, -0.2) is 23.1 Å². The fraction of sp³-hybridized carbons (Fsp3) is 1.00. The molecule has 0 aromatic rings. The van der Waals surface area contributed by atoms with Gasteiger partial charge >= 0.3 is 0 Å². The van der Waals surface area contributed by atoms with Crippen LogP contribution in [-0.2, 0) is 0 Å². The van der Waals surface area contributed by atoms with E-state index in [2.05, 4.69) is 44.8 Å². The molecule has 0 aromatic carbocycles. The fourth-order valence-corrected chi connectivity index (χ4v) is 5.32. The number of nitrogens with one attached hydrogen (secondary N) is 1. The number of rotatable bonds is 5. The summed E-state index contributed by atoms with van der Waals surface area (Å²) in [5, 5.41) is 4.99. The highest BCUT2D eigenvalue weighted by atomic mass is 32.2. The summed E-state index contributed by atoms with van der Waals surface area (Å²) in [4.78, 5) is 0. The van der Waals surface area contributed by atoms with Crippen molar-refractivity contribution >= 4 is 11.8 Å². The zero-order valence-electron chi connectivity index (χ0n) is 13.3. The van der Waals surface area contributed by atoms with E-state index in [0.29, 0.717) is 0 Å². The summed E-state index contributed by atoms with van der Waals surface area (Å²) >= 11 is 2.17. The van der Waals surface area contributed by atoms with Gasteiger partial charge in [0.1, 0.15) is 0 Å². The molecule has 2 heteroatoms. The maximum Gasteiger partial charge on any atom is 0.0103 e. The van der Waals surface area contributed by atoms with Gasteiger partial charge in [0.05, 0.1) is 0 Å². The summed E-state index contributed by atoms with van der Waals surface area (Å²) < 4.78 is 0. The van der Waals surface area contributed by atoms with E-state index in [1.54, 1.807) is 0 Å². The van der Waals surface area contributed by atoms with Crippen molar-refractivity contribution in [2.75, 3.05) is 5.75 Å². The Balaban J connectivity index is 1.85. The third-order valence-electron chi connectivity index (χ3n) is 5.26. The summed E-state index contributed by atoms with van der Waals surface area (Å²) in [5.41, 5.74) is 0. The first-order valence-electron chi connectivity index (χ1n) is 8.47. The fourth-order valence-electron chi connectivity index (χ4n) is 4.18. The van der Waals surface area contributed by atoms with Crippen LogP contribution in [0.2, 0.25) is 0 Å². The van der Waals surface area contributed by atoms with Gasteiger partial charge in [-0.2, -0.15) is 11.8 Å². The standard InChI is InChI=1S/C17H33NS/c1-5-19-15-8-7-14(11-15)18-17-10-13(4)6-9-16(17)12(2)3/h12-18H,5-11H2,1-4H3. The van der Waals surface area contributed by atoms with Crippen LogP contribution in [0.1, 0.15) is 66.2 Å². The van der Waals surface area contributed by atoms with Crippen molar-refractivity contribution in [2.24, 2.45) is 17.8 Å². The first-order chi connectivity index (χ1) is 9.10. The molecule has 2 rings (SSSR count). The zero-order valence-corrected chi connectivity index (χ0v) is 14.1. The Hall–Kier alpha value is 0.310. The van der Waals surface area contributed by atoms with E-state index in [1.807, 2.05) is 0 Å². The van der Waals surface area contributed by atoms with Gasteiger partial charge in [-0.25, -0.2) is 0 Å². The largest absolute Gasteiger partial charge is 0.311 e. The Morgan fingerprint density at radius 1 is 1.11 bits per heavy atom. The number of hydrogen-bond acceptors (Lipinski definition) is 2. The first-order valence-corrected chi connectivity index (χ1v) is 9.52. The minimum absolute atomic E-state index is 0.791. The molecule has 1 nitrogen and oxygen atoms in total. The SMILES string of the molecule is CCSC1CCC(NC2CC(C)CCC2C(C)C)C1. The topological polar surface area (TPSA) is 12.0 Å². The van der Waals surface area contributed by atoms with E-state index in [-0.39, 0.29) is 0 Å². The van der Waals surface area contributed by atoms with Gasteiger partial charge in [-0.1, -0.05) is 34.1 Å². The molecule has 0 aliphatic heterocycles. The maximum absolute atomic E-state index is 4.05. The first kappa shape index (κ1) is 15.7. The van der Waals surface area contributed by atoms with Crippen LogP contribution in [0.5, 0.6) is 0 Å². The van der Waals surface area contributed by atoms with Crippen LogP contribution in [0.25, 0.3) is 0 Å². The Morgan fingerprint density at radius 3 is 2.58 bits per heavy atom. The molecule has 1 N–H and O–H groups in total. The van der Waals surface area contributed by atoms with Crippen LogP contribution in [0.15, 0.2) is 0 Å². The molecule has 0 bridgehead atoms. The van der Waals surface area contributed by atoms with E-state index < -0.39 is 0 Å². The lowest BCUT2D eigenvalue weighted by atomic mass is 9.74. The Bertz CT molecular complexity index is 266. The third kappa shape index (κ3) is 4.39. The average Bonchev–Trinajstić information content (AvgIpc) is 2.77. The Morgan fingerprint density at radius 2 is 1.89 bits per heavy atom. The van der Waals surface area contributed by atoms with E-state index in [0.717, 1.165) is 35.1 Å². The predicted molar refractivity (Wildman–Crippen MR) is 87.8 cm³/mol. The Labute approximate surface area is 124 Å². The number of hydrogen-bond donors (Lipinski definition) is 1. The second-order valence-corrected chi connectivity index (χ2v) is 8.76. The highest BCUT2D eigenvalue weighted by Crippen LogP contribution is 2.36. The van der Waals surface area contributed by atoms with Gasteiger partial charge in [-0.05, 0) is 55.6 Å². The lowest BCUT2D eigenvalue weighted by Gasteiger charge is -2.39. The molecule has 5 unspecified atom stereocenters. The van der Waals surface area contributed by atoms with Crippen LogP contribution >= 0.6 is 11.8 Å². The minimum Gasteiger partial charge on any atom is -0.311 e. The van der Waals surface area contributed by atoms with Gasteiger partial charge in [-0.3, -0.25) is 0 Å². The summed E-state index contributed by atoms with van der Waals surface area (Å²) in [6.45, 7) is 9.57. The molecule has 112 valence electrons. The van der Waals surface area contributed by atoms with Gasteiger partial charge in [0.15, 0.2) is 0 Å². The highest BCUT2D eigenvalue weighted by molar-refractivity contribution is 7.99. The molecule has 2 aliphatic carbocycles. The van der Waals surface area contributed by atoms with Crippen LogP contribution in [0, 0.1) is 17.8 Å². The summed E-state index contributed by atoms with van der Waals surface area (Å²) in [6, 6.07) is 1.60. The molecule has 0 spiro atoms. The van der Waals surface area contributed by atoms with Gasteiger partial charge in [0, 0.05) is 17.3 Å². The summed E-state index contributed by atoms with van der Waals surface area (Å²) in [5.74, 6) is 3.96. The van der Waals surface area contributed by atoms with Crippen molar-refractivity contribution < 1.29 is 0 Å². The lowest BCUT2D eigenvalue weighted by Crippen LogP contribution is -2.46. The van der Waals surface area contributed by atoms with Crippen LogP contribution in [0.3, 0.4) is 0 Å². The maximum atomic E-state index is 4.05. The molecular formula is C17H33NS. The van der Waals surface area contributed by atoms with Crippen molar-refractivity contribution in [3.63, 3.8) is 0 Å². The molecule has 2 aliphatic rings. The molecule has 2 saturated carbocycles. The van der Waals surface area contributed by atoms with Crippen LogP contribution in [0.4, 0.5) is 0 Å². The minimum atomic E-state index is 0.791. The Kier molecular flexibility index (Phi) is 6.08. The lowest BCUT2D eigenvalue weighted by molar-refractivity contribution is 0.159.